The number of carbonyl (C=O) groups is 1. The minimum absolute atomic E-state index is 0.00682. The molecule has 0 radical (unpaired) electrons. The molecule has 0 unspecified atom stereocenters. The largest absolute Gasteiger partial charge is 0.483 e. The van der Waals surface area contributed by atoms with Crippen LogP contribution in [0.3, 0.4) is 0 Å². The quantitative estimate of drug-likeness (QED) is 0.746. The zero-order valence-electron chi connectivity index (χ0n) is 14.8. The molecule has 1 fully saturated rings. The van der Waals surface area contributed by atoms with Crippen molar-refractivity contribution in [3.63, 3.8) is 0 Å². The molecule has 0 atom stereocenters. The molecule has 1 saturated heterocycles. The Morgan fingerprint density at radius 1 is 1.11 bits per heavy atom. The lowest BCUT2D eigenvalue weighted by atomic mass is 10.1. The third-order valence-corrected chi connectivity index (χ3v) is 4.69. The summed E-state index contributed by atoms with van der Waals surface area (Å²) in [7, 11) is 0. The van der Waals surface area contributed by atoms with Crippen molar-refractivity contribution in [1.82, 2.24) is 15.1 Å². The number of aromatic amines is 1. The average Bonchev–Trinajstić information content (AvgIpc) is 3.38. The monoisotopic (exact) mass is 365 g/mol. The molecule has 0 saturated carbocycles. The maximum absolute atomic E-state index is 13.5. The number of nitrogens with zero attached hydrogens (tertiary/aromatic N) is 2. The van der Waals surface area contributed by atoms with E-state index in [9.17, 15) is 9.18 Å². The van der Waals surface area contributed by atoms with E-state index in [1.807, 2.05) is 35.2 Å². The minimum Gasteiger partial charge on any atom is -0.483 e. The van der Waals surface area contributed by atoms with Crippen LogP contribution in [-0.2, 0) is 4.79 Å². The van der Waals surface area contributed by atoms with Crippen LogP contribution in [0, 0.1) is 5.82 Å². The first-order chi connectivity index (χ1) is 13.2. The number of hydrogen-bond acceptors (Lipinski definition) is 3. The van der Waals surface area contributed by atoms with Crippen LogP contribution in [0.4, 0.5) is 4.39 Å². The molecule has 3 aromatic rings. The smallest absolute Gasteiger partial charge is 0.260 e. The number of ether oxygens (including phenoxy) is 1. The molecule has 0 bridgehead atoms. The molecule has 1 amide bonds. The number of H-pyrrole nitrogens is 1. The van der Waals surface area contributed by atoms with E-state index in [1.165, 1.54) is 12.1 Å². The third kappa shape index (κ3) is 3.84. The van der Waals surface area contributed by atoms with E-state index in [4.69, 9.17) is 4.74 Å². The van der Waals surface area contributed by atoms with E-state index in [-0.39, 0.29) is 18.3 Å². The van der Waals surface area contributed by atoms with Gasteiger partial charge in [0.05, 0.1) is 11.4 Å². The molecule has 1 aliphatic heterocycles. The van der Waals surface area contributed by atoms with Gasteiger partial charge in [-0.1, -0.05) is 24.3 Å². The Labute approximate surface area is 156 Å². The first-order valence-corrected chi connectivity index (χ1v) is 9.02. The van der Waals surface area contributed by atoms with Gasteiger partial charge in [0.1, 0.15) is 11.6 Å². The maximum atomic E-state index is 13.5. The van der Waals surface area contributed by atoms with Gasteiger partial charge in [-0.2, -0.15) is 5.10 Å². The van der Waals surface area contributed by atoms with Gasteiger partial charge in [-0.3, -0.25) is 9.89 Å². The van der Waals surface area contributed by atoms with Crippen LogP contribution >= 0.6 is 0 Å². The summed E-state index contributed by atoms with van der Waals surface area (Å²) in [6, 6.07) is 15.6. The molecule has 4 rings (SSSR count). The van der Waals surface area contributed by atoms with Gasteiger partial charge < -0.3 is 9.64 Å². The summed E-state index contributed by atoms with van der Waals surface area (Å²) in [5, 5.41) is 7.26. The lowest BCUT2D eigenvalue weighted by Crippen LogP contribution is -2.32. The van der Waals surface area contributed by atoms with Gasteiger partial charge >= 0.3 is 0 Å². The lowest BCUT2D eigenvalue weighted by Gasteiger charge is -2.16. The maximum Gasteiger partial charge on any atom is 0.260 e. The van der Waals surface area contributed by atoms with Crippen LogP contribution in [-0.4, -0.2) is 40.7 Å². The second-order valence-corrected chi connectivity index (χ2v) is 6.55. The highest BCUT2D eigenvalue weighted by atomic mass is 19.1. The predicted octanol–water partition coefficient (Wildman–Crippen LogP) is 3.88. The standard InChI is InChI=1S/C21H20FN3O2/c22-16-7-5-6-15(12-16)18-13-19(24-23-18)17-8-1-2-9-20(17)27-14-21(26)25-10-3-4-11-25/h1-2,5-9,12-13H,3-4,10-11,14H2,(H,23,24). The fourth-order valence-corrected chi connectivity index (χ4v) is 3.27. The van der Waals surface area contributed by atoms with Crippen molar-refractivity contribution in [2.45, 2.75) is 12.8 Å². The number of halogens is 1. The highest BCUT2D eigenvalue weighted by Crippen LogP contribution is 2.31. The molecular weight excluding hydrogens is 345 g/mol. The summed E-state index contributed by atoms with van der Waals surface area (Å²) in [6.07, 6.45) is 2.11. The molecule has 2 heterocycles. The minimum atomic E-state index is -0.304. The molecule has 1 aliphatic rings. The number of benzene rings is 2. The molecule has 1 aromatic heterocycles. The van der Waals surface area contributed by atoms with Crippen molar-refractivity contribution >= 4 is 5.91 Å². The normalized spacial score (nSPS) is 13.7. The fourth-order valence-electron chi connectivity index (χ4n) is 3.27. The first-order valence-electron chi connectivity index (χ1n) is 9.02. The van der Waals surface area contributed by atoms with Gasteiger partial charge in [0.25, 0.3) is 5.91 Å². The molecular formula is C21H20FN3O2. The number of para-hydroxylation sites is 1. The van der Waals surface area contributed by atoms with Gasteiger partial charge in [0.2, 0.25) is 0 Å². The second-order valence-electron chi connectivity index (χ2n) is 6.55. The Kier molecular flexibility index (Phi) is 4.87. The van der Waals surface area contributed by atoms with Crippen LogP contribution in [0.25, 0.3) is 22.5 Å². The molecule has 5 nitrogen and oxygen atoms in total. The van der Waals surface area contributed by atoms with Gasteiger partial charge in [-0.25, -0.2) is 4.39 Å². The SMILES string of the molecule is O=C(COc1ccccc1-c1cc(-c2cccc(F)c2)n[nH]1)N1CCCC1. The van der Waals surface area contributed by atoms with Crippen LogP contribution in [0.1, 0.15) is 12.8 Å². The molecule has 1 N–H and O–H groups in total. The van der Waals surface area contributed by atoms with Crippen LogP contribution in [0.2, 0.25) is 0 Å². The molecule has 138 valence electrons. The molecule has 2 aromatic carbocycles. The Hall–Kier alpha value is -3.15. The second kappa shape index (κ2) is 7.61. The number of aromatic nitrogens is 2. The fraction of sp³-hybridized carbons (Fsp3) is 0.238. The van der Waals surface area contributed by atoms with Crippen LogP contribution < -0.4 is 4.74 Å². The van der Waals surface area contributed by atoms with Crippen LogP contribution in [0.15, 0.2) is 54.6 Å². The Bertz CT molecular complexity index is 948. The third-order valence-electron chi connectivity index (χ3n) is 4.69. The Morgan fingerprint density at radius 2 is 1.93 bits per heavy atom. The summed E-state index contributed by atoms with van der Waals surface area (Å²) in [6.45, 7) is 1.63. The zero-order valence-corrected chi connectivity index (χ0v) is 14.8. The van der Waals surface area contributed by atoms with Gasteiger partial charge in [-0.15, -0.1) is 0 Å². The average molecular weight is 365 g/mol. The van der Waals surface area contributed by atoms with E-state index >= 15 is 0 Å². The van der Waals surface area contributed by atoms with Crippen molar-refractivity contribution in [1.29, 1.82) is 0 Å². The van der Waals surface area contributed by atoms with E-state index in [0.717, 1.165) is 37.2 Å². The molecule has 27 heavy (non-hydrogen) atoms. The van der Waals surface area contributed by atoms with Crippen molar-refractivity contribution in [2.24, 2.45) is 0 Å². The first kappa shape index (κ1) is 17.3. The van der Waals surface area contributed by atoms with E-state index < -0.39 is 0 Å². The summed E-state index contributed by atoms with van der Waals surface area (Å²) in [4.78, 5) is 14.1. The highest BCUT2D eigenvalue weighted by Gasteiger charge is 2.19. The van der Waals surface area contributed by atoms with Gasteiger partial charge in [0, 0.05) is 24.2 Å². The molecule has 0 spiro atoms. The molecule has 0 aliphatic carbocycles. The van der Waals surface area contributed by atoms with Gasteiger partial charge in [-0.05, 0) is 43.2 Å². The number of likely N-dealkylation sites (tertiary alicyclic amines) is 1. The molecule has 6 heteroatoms. The highest BCUT2D eigenvalue weighted by molar-refractivity contribution is 5.79. The number of amides is 1. The number of carbonyl (C=O) groups excluding carboxylic acids is 1. The summed E-state index contributed by atoms with van der Waals surface area (Å²) >= 11 is 0. The van der Waals surface area contributed by atoms with Crippen molar-refractivity contribution in [3.05, 3.63) is 60.4 Å². The van der Waals surface area contributed by atoms with Crippen molar-refractivity contribution in [2.75, 3.05) is 19.7 Å². The topological polar surface area (TPSA) is 58.2 Å². The Balaban J connectivity index is 1.53. The van der Waals surface area contributed by atoms with E-state index in [0.29, 0.717) is 17.0 Å². The number of rotatable bonds is 5. The van der Waals surface area contributed by atoms with Crippen LogP contribution in [0.5, 0.6) is 5.75 Å². The van der Waals surface area contributed by atoms with Gasteiger partial charge in [0.15, 0.2) is 6.61 Å². The zero-order chi connectivity index (χ0) is 18.6. The van der Waals surface area contributed by atoms with E-state index in [1.54, 1.807) is 12.1 Å². The summed E-state index contributed by atoms with van der Waals surface area (Å²) in [5.74, 6) is 0.313. The van der Waals surface area contributed by atoms with E-state index in [2.05, 4.69) is 10.2 Å². The summed E-state index contributed by atoms with van der Waals surface area (Å²) in [5.41, 5.74) is 2.90. The van der Waals surface area contributed by atoms with Crippen molar-refractivity contribution in [3.8, 4) is 28.3 Å². The van der Waals surface area contributed by atoms with Crippen molar-refractivity contribution < 1.29 is 13.9 Å². The lowest BCUT2D eigenvalue weighted by molar-refractivity contribution is -0.132. The Morgan fingerprint density at radius 3 is 2.74 bits per heavy atom. The number of nitrogens with one attached hydrogen (secondary N) is 1. The number of hydrogen-bond donors (Lipinski definition) is 1. The summed E-state index contributed by atoms with van der Waals surface area (Å²) < 4.78 is 19.3. The predicted molar refractivity (Wildman–Crippen MR) is 101 cm³/mol.